The predicted molar refractivity (Wildman–Crippen MR) is 69.9 cm³/mol. The van der Waals surface area contributed by atoms with E-state index in [9.17, 15) is 8.78 Å². The lowest BCUT2D eigenvalue weighted by Crippen LogP contribution is -2.15. The van der Waals surface area contributed by atoms with Gasteiger partial charge in [0.1, 0.15) is 11.6 Å². The van der Waals surface area contributed by atoms with E-state index in [4.69, 9.17) is 5.73 Å². The third-order valence-corrected chi connectivity index (χ3v) is 3.16. The highest BCUT2D eigenvalue weighted by Gasteiger charge is 2.19. The molecule has 0 amide bonds. The number of hydrogen-bond donors (Lipinski definition) is 2. The zero-order chi connectivity index (χ0) is 14.0. The number of hydrogen-bond acceptors (Lipinski definition) is 2. The molecule has 3 N–H and O–H groups in total. The smallest absolute Gasteiger partial charge is 0.130 e. The van der Waals surface area contributed by atoms with Crippen LogP contribution in [-0.2, 0) is 0 Å². The van der Waals surface area contributed by atoms with Crippen LogP contribution in [0.1, 0.15) is 42.6 Å². The van der Waals surface area contributed by atoms with Gasteiger partial charge in [-0.15, -0.1) is 0 Å². The molecule has 0 bridgehead atoms. The molecule has 0 aliphatic rings. The first kappa shape index (κ1) is 13.7. The Morgan fingerprint density at radius 1 is 1.26 bits per heavy atom. The summed E-state index contributed by atoms with van der Waals surface area (Å²) in [6, 6.07) is 5.42. The molecule has 1 aromatic heterocycles. The van der Waals surface area contributed by atoms with Crippen LogP contribution in [0, 0.1) is 11.6 Å². The molecule has 0 saturated heterocycles. The summed E-state index contributed by atoms with van der Waals surface area (Å²) in [5, 5.41) is 7.07. The molecule has 2 aromatic rings. The highest BCUT2D eigenvalue weighted by atomic mass is 19.1. The maximum atomic E-state index is 13.8. The Morgan fingerprint density at radius 2 is 2.00 bits per heavy atom. The van der Waals surface area contributed by atoms with Gasteiger partial charge in [-0.25, -0.2) is 8.78 Å². The first-order valence-electron chi connectivity index (χ1n) is 6.23. The quantitative estimate of drug-likeness (QED) is 0.893. The van der Waals surface area contributed by atoms with Crippen molar-refractivity contribution in [3.63, 3.8) is 0 Å². The van der Waals surface area contributed by atoms with E-state index in [1.54, 1.807) is 0 Å². The van der Waals surface area contributed by atoms with Gasteiger partial charge >= 0.3 is 0 Å². The topological polar surface area (TPSA) is 54.7 Å². The Hall–Kier alpha value is -1.75. The van der Waals surface area contributed by atoms with E-state index in [1.807, 2.05) is 19.9 Å². The van der Waals surface area contributed by atoms with Gasteiger partial charge in [0.25, 0.3) is 0 Å². The molecule has 0 aliphatic heterocycles. The van der Waals surface area contributed by atoms with Crippen LogP contribution in [0.3, 0.4) is 0 Å². The van der Waals surface area contributed by atoms with E-state index >= 15 is 0 Å². The van der Waals surface area contributed by atoms with Crippen molar-refractivity contribution in [2.45, 2.75) is 25.7 Å². The second-order valence-electron chi connectivity index (χ2n) is 4.86. The molecular formula is C14H17F2N3. The van der Waals surface area contributed by atoms with Gasteiger partial charge in [-0.05, 0) is 23.6 Å². The monoisotopic (exact) mass is 265 g/mol. The van der Waals surface area contributed by atoms with E-state index in [0.29, 0.717) is 5.56 Å². The minimum Gasteiger partial charge on any atom is -0.329 e. The Morgan fingerprint density at radius 3 is 2.53 bits per heavy atom. The van der Waals surface area contributed by atoms with Crippen LogP contribution in [0.2, 0.25) is 0 Å². The van der Waals surface area contributed by atoms with Gasteiger partial charge in [0.2, 0.25) is 0 Å². The molecule has 1 atom stereocenters. The number of nitrogens with zero attached hydrogens (tertiary/aromatic N) is 1. The summed E-state index contributed by atoms with van der Waals surface area (Å²) in [5.41, 5.74) is 7.74. The van der Waals surface area contributed by atoms with Crippen molar-refractivity contribution in [3.05, 3.63) is 52.9 Å². The number of rotatable bonds is 4. The first-order chi connectivity index (χ1) is 9.02. The van der Waals surface area contributed by atoms with E-state index in [0.717, 1.165) is 17.5 Å². The van der Waals surface area contributed by atoms with Gasteiger partial charge in [0.15, 0.2) is 0 Å². The summed E-state index contributed by atoms with van der Waals surface area (Å²) in [7, 11) is 0. The zero-order valence-electron chi connectivity index (χ0n) is 11.0. The molecule has 0 fully saturated rings. The Balaban J connectivity index is 2.38. The molecule has 2 rings (SSSR count). The summed E-state index contributed by atoms with van der Waals surface area (Å²) in [4.78, 5) is 0. The molecule has 102 valence electrons. The standard InChI is InChI=1S/C14H17F2N3/c1-8(2)13-6-14(19-18-13)11(7-17)10-4-3-9(15)5-12(10)16/h3-6,8,11H,7,17H2,1-2H3,(H,18,19). The van der Waals surface area contributed by atoms with E-state index in [1.165, 1.54) is 12.1 Å². The molecule has 1 heterocycles. The van der Waals surface area contributed by atoms with Gasteiger partial charge in [-0.3, -0.25) is 5.10 Å². The molecule has 0 spiro atoms. The third-order valence-electron chi connectivity index (χ3n) is 3.16. The van der Waals surface area contributed by atoms with Crippen molar-refractivity contribution in [1.29, 1.82) is 0 Å². The molecule has 0 radical (unpaired) electrons. The van der Waals surface area contributed by atoms with Crippen molar-refractivity contribution in [1.82, 2.24) is 10.2 Å². The van der Waals surface area contributed by atoms with Gasteiger partial charge in [-0.1, -0.05) is 19.9 Å². The van der Waals surface area contributed by atoms with Crippen LogP contribution < -0.4 is 5.73 Å². The molecular weight excluding hydrogens is 248 g/mol. The minimum absolute atomic E-state index is 0.224. The fourth-order valence-electron chi connectivity index (χ4n) is 2.03. The lowest BCUT2D eigenvalue weighted by atomic mass is 9.94. The van der Waals surface area contributed by atoms with Crippen molar-refractivity contribution >= 4 is 0 Å². The molecule has 5 heteroatoms. The maximum Gasteiger partial charge on any atom is 0.130 e. The van der Waals surface area contributed by atoms with E-state index in [-0.39, 0.29) is 18.4 Å². The average molecular weight is 265 g/mol. The fraction of sp³-hybridized carbons (Fsp3) is 0.357. The lowest BCUT2D eigenvalue weighted by molar-refractivity contribution is 0.563. The van der Waals surface area contributed by atoms with Crippen LogP contribution in [0.15, 0.2) is 24.3 Å². The summed E-state index contributed by atoms with van der Waals surface area (Å²) in [6.45, 7) is 4.27. The number of nitrogens with two attached hydrogens (primary N) is 1. The van der Waals surface area contributed by atoms with Crippen molar-refractivity contribution < 1.29 is 8.78 Å². The first-order valence-corrected chi connectivity index (χ1v) is 6.23. The van der Waals surface area contributed by atoms with Crippen LogP contribution in [-0.4, -0.2) is 16.7 Å². The van der Waals surface area contributed by atoms with Crippen LogP contribution in [0.4, 0.5) is 8.78 Å². The third kappa shape index (κ3) is 2.81. The molecule has 0 aliphatic carbocycles. The van der Waals surface area contributed by atoms with E-state index < -0.39 is 11.6 Å². The predicted octanol–water partition coefficient (Wildman–Crippen LogP) is 2.90. The minimum atomic E-state index is -0.593. The Labute approximate surface area is 110 Å². The molecule has 1 aromatic carbocycles. The van der Waals surface area contributed by atoms with Gasteiger partial charge in [0, 0.05) is 24.2 Å². The van der Waals surface area contributed by atoms with Crippen LogP contribution in [0.25, 0.3) is 0 Å². The second-order valence-corrected chi connectivity index (χ2v) is 4.86. The summed E-state index contributed by atoms with van der Waals surface area (Å²) in [6.07, 6.45) is 0. The number of aromatic amines is 1. The number of aromatic nitrogens is 2. The van der Waals surface area contributed by atoms with Gasteiger partial charge in [0.05, 0.1) is 5.69 Å². The van der Waals surface area contributed by atoms with Crippen molar-refractivity contribution in [3.8, 4) is 0 Å². The Bertz CT molecular complexity index is 564. The number of H-pyrrole nitrogens is 1. The van der Waals surface area contributed by atoms with Gasteiger partial charge < -0.3 is 5.73 Å². The van der Waals surface area contributed by atoms with Crippen LogP contribution in [0.5, 0.6) is 0 Å². The number of benzene rings is 1. The summed E-state index contributed by atoms with van der Waals surface area (Å²) < 4.78 is 26.7. The number of halogens is 2. The SMILES string of the molecule is CC(C)c1cc(C(CN)c2ccc(F)cc2F)[nH]n1. The molecule has 3 nitrogen and oxygen atoms in total. The van der Waals surface area contributed by atoms with Crippen molar-refractivity contribution in [2.24, 2.45) is 5.73 Å². The molecule has 19 heavy (non-hydrogen) atoms. The van der Waals surface area contributed by atoms with Crippen molar-refractivity contribution in [2.75, 3.05) is 6.54 Å². The largest absolute Gasteiger partial charge is 0.329 e. The second kappa shape index (κ2) is 5.48. The molecule has 1 unspecified atom stereocenters. The summed E-state index contributed by atoms with van der Waals surface area (Å²) in [5.74, 6) is -1.25. The normalized spacial score (nSPS) is 12.9. The highest BCUT2D eigenvalue weighted by Crippen LogP contribution is 2.26. The van der Waals surface area contributed by atoms with Gasteiger partial charge in [-0.2, -0.15) is 5.10 Å². The lowest BCUT2D eigenvalue weighted by Gasteiger charge is -2.14. The average Bonchev–Trinajstić information content (AvgIpc) is 2.82. The molecule has 0 saturated carbocycles. The number of nitrogens with one attached hydrogen (secondary N) is 1. The maximum absolute atomic E-state index is 13.8. The zero-order valence-corrected chi connectivity index (χ0v) is 11.0. The fourth-order valence-corrected chi connectivity index (χ4v) is 2.03. The Kier molecular flexibility index (Phi) is 3.95. The van der Waals surface area contributed by atoms with E-state index in [2.05, 4.69) is 10.2 Å². The van der Waals surface area contributed by atoms with Crippen LogP contribution >= 0.6 is 0 Å². The highest BCUT2D eigenvalue weighted by molar-refractivity contribution is 5.31. The summed E-state index contributed by atoms with van der Waals surface area (Å²) >= 11 is 0.